The fourth-order valence-corrected chi connectivity index (χ4v) is 4.49. The smallest absolute Gasteiger partial charge is 0.237 e. The van der Waals surface area contributed by atoms with Crippen molar-refractivity contribution in [1.82, 2.24) is 14.8 Å². The zero-order valence-electron chi connectivity index (χ0n) is 17.5. The Bertz CT molecular complexity index is 1070. The number of rotatable bonds is 7. The summed E-state index contributed by atoms with van der Waals surface area (Å²) in [6, 6.07) is 15.1. The summed E-state index contributed by atoms with van der Waals surface area (Å²) in [4.78, 5) is 15.0. The van der Waals surface area contributed by atoms with Crippen molar-refractivity contribution < 1.29 is 9.53 Å². The maximum Gasteiger partial charge on any atom is 0.237 e. The Kier molecular flexibility index (Phi) is 7.57. The highest BCUT2D eigenvalue weighted by Gasteiger charge is 2.24. The van der Waals surface area contributed by atoms with Crippen molar-refractivity contribution in [1.29, 1.82) is 0 Å². The molecule has 0 spiro atoms. The molecule has 1 aromatic heterocycles. The molecule has 1 aliphatic rings. The predicted molar refractivity (Wildman–Crippen MR) is 129 cm³/mol. The standard InChI is InChI=1S/C22H23Cl2N5O2S/c1-15(20(30)25-19-13-17(23)7-8-18(19)24)32-22-27-26-21(28-9-11-31-12-10-28)29(22)14-16-5-3-2-4-6-16/h2-8,13,15H,9-12,14H2,1H3,(H,25,30). The van der Waals surface area contributed by atoms with Crippen LogP contribution in [0.2, 0.25) is 10.0 Å². The Morgan fingerprint density at radius 3 is 2.66 bits per heavy atom. The number of ether oxygens (including phenoxy) is 1. The van der Waals surface area contributed by atoms with Gasteiger partial charge in [0.05, 0.1) is 35.7 Å². The summed E-state index contributed by atoms with van der Waals surface area (Å²) < 4.78 is 7.54. The number of nitrogens with one attached hydrogen (secondary N) is 1. The van der Waals surface area contributed by atoms with Gasteiger partial charge in [-0.25, -0.2) is 0 Å². The van der Waals surface area contributed by atoms with Crippen molar-refractivity contribution in [3.8, 4) is 0 Å². The van der Waals surface area contributed by atoms with Crippen molar-refractivity contribution in [2.24, 2.45) is 0 Å². The van der Waals surface area contributed by atoms with Crippen molar-refractivity contribution in [2.75, 3.05) is 36.5 Å². The molecule has 1 atom stereocenters. The molecule has 1 unspecified atom stereocenters. The lowest BCUT2D eigenvalue weighted by Gasteiger charge is -2.28. The number of amides is 1. The number of hydrogen-bond acceptors (Lipinski definition) is 6. The van der Waals surface area contributed by atoms with Gasteiger partial charge in [-0.1, -0.05) is 65.3 Å². The molecule has 1 aliphatic heterocycles. The molecule has 4 rings (SSSR count). The average molecular weight is 492 g/mol. The third-order valence-electron chi connectivity index (χ3n) is 5.01. The van der Waals surface area contributed by atoms with Crippen LogP contribution < -0.4 is 10.2 Å². The number of hydrogen-bond donors (Lipinski definition) is 1. The summed E-state index contributed by atoms with van der Waals surface area (Å²) in [6.07, 6.45) is 0. The van der Waals surface area contributed by atoms with Crippen LogP contribution in [-0.4, -0.2) is 52.2 Å². The van der Waals surface area contributed by atoms with E-state index in [0.29, 0.717) is 40.6 Å². The van der Waals surface area contributed by atoms with Crippen LogP contribution in [0.15, 0.2) is 53.7 Å². The first kappa shape index (κ1) is 22.9. The average Bonchev–Trinajstić information content (AvgIpc) is 3.19. The van der Waals surface area contributed by atoms with Crippen molar-refractivity contribution in [2.45, 2.75) is 23.9 Å². The van der Waals surface area contributed by atoms with E-state index in [2.05, 4.69) is 37.1 Å². The first-order chi connectivity index (χ1) is 15.5. The van der Waals surface area contributed by atoms with E-state index in [1.54, 1.807) is 18.2 Å². The molecule has 0 radical (unpaired) electrons. The first-order valence-corrected chi connectivity index (χ1v) is 11.9. The summed E-state index contributed by atoms with van der Waals surface area (Å²) in [6.45, 7) is 5.24. The van der Waals surface area contributed by atoms with E-state index in [-0.39, 0.29) is 5.91 Å². The summed E-state index contributed by atoms with van der Waals surface area (Å²) in [5.41, 5.74) is 1.61. The van der Waals surface area contributed by atoms with Gasteiger partial charge in [0.25, 0.3) is 0 Å². The summed E-state index contributed by atoms with van der Waals surface area (Å²) >= 11 is 13.6. The molecule has 3 aromatic rings. The highest BCUT2D eigenvalue weighted by atomic mass is 35.5. The molecule has 1 fully saturated rings. The highest BCUT2D eigenvalue weighted by molar-refractivity contribution is 8.00. The van der Waals surface area contributed by atoms with Crippen LogP contribution in [-0.2, 0) is 16.1 Å². The van der Waals surface area contributed by atoms with E-state index in [9.17, 15) is 4.79 Å². The monoisotopic (exact) mass is 491 g/mol. The third-order valence-corrected chi connectivity index (χ3v) is 6.66. The second-order valence-electron chi connectivity index (χ2n) is 7.33. The van der Waals surface area contributed by atoms with Crippen LogP contribution in [0.4, 0.5) is 11.6 Å². The largest absolute Gasteiger partial charge is 0.378 e. The molecule has 0 bridgehead atoms. The van der Waals surface area contributed by atoms with E-state index in [0.717, 1.165) is 24.6 Å². The third kappa shape index (κ3) is 5.56. The van der Waals surface area contributed by atoms with Gasteiger partial charge < -0.3 is 15.0 Å². The number of morpholine rings is 1. The minimum absolute atomic E-state index is 0.193. The molecule has 0 aliphatic carbocycles. The Hall–Kier alpha value is -2.26. The number of halogens is 2. The molecular formula is C22H23Cl2N5O2S. The summed E-state index contributed by atoms with van der Waals surface area (Å²) in [5.74, 6) is 0.589. The lowest BCUT2D eigenvalue weighted by molar-refractivity contribution is -0.115. The van der Waals surface area contributed by atoms with Crippen LogP contribution in [0.5, 0.6) is 0 Å². The molecule has 0 saturated carbocycles. The molecule has 1 saturated heterocycles. The van der Waals surface area contributed by atoms with Gasteiger partial charge >= 0.3 is 0 Å². The van der Waals surface area contributed by atoms with Crippen molar-refractivity contribution in [3.63, 3.8) is 0 Å². The van der Waals surface area contributed by atoms with E-state index in [4.69, 9.17) is 27.9 Å². The van der Waals surface area contributed by atoms with Crippen LogP contribution in [0.1, 0.15) is 12.5 Å². The number of anilines is 2. The molecule has 1 N–H and O–H groups in total. The Balaban J connectivity index is 1.54. The molecule has 1 amide bonds. The summed E-state index contributed by atoms with van der Waals surface area (Å²) in [5, 5.41) is 12.9. The Morgan fingerprint density at radius 2 is 1.91 bits per heavy atom. The maximum absolute atomic E-state index is 12.8. The normalized spacial score (nSPS) is 14.9. The number of carbonyl (C=O) groups is 1. The molecular weight excluding hydrogens is 469 g/mol. The number of aromatic nitrogens is 3. The van der Waals surface area contributed by atoms with Crippen molar-refractivity contribution in [3.05, 3.63) is 64.1 Å². The van der Waals surface area contributed by atoms with Gasteiger partial charge in [0.15, 0.2) is 5.16 Å². The Labute approximate surface area is 201 Å². The first-order valence-electron chi connectivity index (χ1n) is 10.2. The second kappa shape index (κ2) is 10.6. The van der Waals surface area contributed by atoms with Crippen LogP contribution in [0, 0.1) is 0 Å². The molecule has 168 valence electrons. The molecule has 10 heteroatoms. The van der Waals surface area contributed by atoms with Crippen molar-refractivity contribution >= 4 is 52.5 Å². The van der Waals surface area contributed by atoms with Crippen LogP contribution >= 0.6 is 35.0 Å². The van der Waals surface area contributed by atoms with E-state index in [1.807, 2.05) is 25.1 Å². The highest BCUT2D eigenvalue weighted by Crippen LogP contribution is 2.30. The lowest BCUT2D eigenvalue weighted by Crippen LogP contribution is -2.38. The molecule has 2 aromatic carbocycles. The van der Waals surface area contributed by atoms with Gasteiger partial charge in [-0.2, -0.15) is 0 Å². The zero-order valence-corrected chi connectivity index (χ0v) is 19.8. The number of nitrogens with zero attached hydrogens (tertiary/aromatic N) is 4. The molecule has 7 nitrogen and oxygen atoms in total. The van der Waals surface area contributed by atoms with E-state index in [1.165, 1.54) is 11.8 Å². The number of benzene rings is 2. The minimum Gasteiger partial charge on any atom is -0.378 e. The van der Waals surface area contributed by atoms with Gasteiger partial charge in [-0.05, 0) is 30.7 Å². The fourth-order valence-electron chi connectivity index (χ4n) is 3.31. The van der Waals surface area contributed by atoms with Crippen LogP contribution in [0.25, 0.3) is 0 Å². The minimum atomic E-state index is -0.429. The summed E-state index contributed by atoms with van der Waals surface area (Å²) in [7, 11) is 0. The van der Waals surface area contributed by atoms with Gasteiger partial charge in [0.2, 0.25) is 11.9 Å². The lowest BCUT2D eigenvalue weighted by atomic mass is 10.2. The second-order valence-corrected chi connectivity index (χ2v) is 9.48. The van der Waals surface area contributed by atoms with E-state index >= 15 is 0 Å². The van der Waals surface area contributed by atoms with Gasteiger partial charge in [0.1, 0.15) is 0 Å². The number of thioether (sulfide) groups is 1. The van der Waals surface area contributed by atoms with Crippen LogP contribution in [0.3, 0.4) is 0 Å². The van der Waals surface area contributed by atoms with Gasteiger partial charge in [0, 0.05) is 18.1 Å². The fraction of sp³-hybridized carbons (Fsp3) is 0.318. The molecule has 2 heterocycles. The van der Waals surface area contributed by atoms with Gasteiger partial charge in [-0.3, -0.25) is 9.36 Å². The maximum atomic E-state index is 12.8. The SMILES string of the molecule is CC(Sc1nnc(N2CCOCC2)n1Cc1ccccc1)C(=O)Nc1cc(Cl)ccc1Cl. The quantitative estimate of drug-likeness (QED) is 0.487. The van der Waals surface area contributed by atoms with Gasteiger partial charge in [-0.15, -0.1) is 10.2 Å². The number of carbonyl (C=O) groups excluding carboxylic acids is 1. The molecule has 32 heavy (non-hydrogen) atoms. The topological polar surface area (TPSA) is 72.3 Å². The van der Waals surface area contributed by atoms with E-state index < -0.39 is 5.25 Å². The zero-order chi connectivity index (χ0) is 22.5. The Morgan fingerprint density at radius 1 is 1.16 bits per heavy atom. The predicted octanol–water partition coefficient (Wildman–Crippen LogP) is 4.59.